The maximum atomic E-state index is 4.76. The molecule has 2 aromatic heterocycles. The van der Waals surface area contributed by atoms with Crippen molar-refractivity contribution in [3.63, 3.8) is 0 Å². The van der Waals surface area contributed by atoms with Gasteiger partial charge in [0.2, 0.25) is 0 Å². The molecule has 4 rings (SSSR count). The molecular weight excluding hydrogens is 294 g/mol. The molecule has 0 unspecified atom stereocenters. The number of aryl methyl sites for hydroxylation is 1. The maximum Gasteiger partial charge on any atom is 0.0741 e. The molecule has 0 atom stereocenters. The van der Waals surface area contributed by atoms with E-state index in [1.807, 2.05) is 29.1 Å². The number of nitrogens with zero attached hydrogens (tertiary/aromatic N) is 3. The van der Waals surface area contributed by atoms with Crippen LogP contribution in [0.2, 0.25) is 0 Å². The highest BCUT2D eigenvalue weighted by atomic mass is 15.3. The van der Waals surface area contributed by atoms with Gasteiger partial charge in [-0.3, -0.25) is 0 Å². The van der Waals surface area contributed by atoms with Crippen LogP contribution >= 0.6 is 0 Å². The van der Waals surface area contributed by atoms with Crippen LogP contribution in [0.3, 0.4) is 0 Å². The number of fused-ring (bicyclic) bond motifs is 1. The molecule has 3 heteroatoms. The van der Waals surface area contributed by atoms with Crippen molar-refractivity contribution in [2.45, 2.75) is 19.8 Å². The molecule has 2 aromatic carbocycles. The van der Waals surface area contributed by atoms with E-state index in [9.17, 15) is 0 Å². The average Bonchev–Trinajstić information content (AvgIpc) is 3.12. The van der Waals surface area contributed by atoms with Gasteiger partial charge in [-0.05, 0) is 30.2 Å². The highest BCUT2D eigenvalue weighted by Crippen LogP contribution is 2.23. The zero-order chi connectivity index (χ0) is 16.4. The van der Waals surface area contributed by atoms with Gasteiger partial charge in [-0.15, -0.1) is 0 Å². The highest BCUT2D eigenvalue weighted by Gasteiger charge is 2.08. The summed E-state index contributed by atoms with van der Waals surface area (Å²) in [5, 5.41) is 5.72. The molecule has 0 radical (unpaired) electrons. The third kappa shape index (κ3) is 2.69. The Morgan fingerprint density at radius 3 is 2.67 bits per heavy atom. The monoisotopic (exact) mass is 313 g/mol. The van der Waals surface area contributed by atoms with E-state index in [1.165, 1.54) is 5.56 Å². The Bertz CT molecular complexity index is 985. The summed E-state index contributed by atoms with van der Waals surface area (Å²) in [7, 11) is 0. The van der Waals surface area contributed by atoms with E-state index in [4.69, 9.17) is 4.98 Å². The lowest BCUT2D eigenvalue weighted by Gasteiger charge is -2.08. The van der Waals surface area contributed by atoms with Gasteiger partial charge >= 0.3 is 0 Å². The van der Waals surface area contributed by atoms with Crippen LogP contribution < -0.4 is 0 Å². The number of rotatable bonds is 4. The van der Waals surface area contributed by atoms with Gasteiger partial charge in [-0.1, -0.05) is 55.8 Å². The third-order valence-corrected chi connectivity index (χ3v) is 4.23. The van der Waals surface area contributed by atoms with Crippen molar-refractivity contribution in [3.05, 3.63) is 78.6 Å². The summed E-state index contributed by atoms with van der Waals surface area (Å²) in [5.41, 5.74) is 5.46. The van der Waals surface area contributed by atoms with Crippen LogP contribution in [0.4, 0.5) is 0 Å². The first-order valence-corrected chi connectivity index (χ1v) is 8.34. The number of pyridine rings is 1. The number of para-hydroxylation sites is 2. The van der Waals surface area contributed by atoms with Gasteiger partial charge < -0.3 is 0 Å². The molecule has 0 spiro atoms. The fraction of sp³-hybridized carbons (Fsp3) is 0.143. The fourth-order valence-electron chi connectivity index (χ4n) is 3.03. The smallest absolute Gasteiger partial charge is 0.0741 e. The zero-order valence-electron chi connectivity index (χ0n) is 13.7. The summed E-state index contributed by atoms with van der Waals surface area (Å²) < 4.78 is 1.96. The number of hydrogen-bond donors (Lipinski definition) is 0. The molecule has 0 fully saturated rings. The van der Waals surface area contributed by atoms with Gasteiger partial charge in [-0.2, -0.15) is 5.10 Å². The molecule has 0 aliphatic carbocycles. The molecule has 0 aliphatic heterocycles. The van der Waals surface area contributed by atoms with E-state index < -0.39 is 0 Å². The van der Waals surface area contributed by atoms with Gasteiger partial charge in [0.1, 0.15) is 0 Å². The molecule has 24 heavy (non-hydrogen) atoms. The fourth-order valence-corrected chi connectivity index (χ4v) is 3.03. The van der Waals surface area contributed by atoms with Gasteiger partial charge in [0.15, 0.2) is 0 Å². The summed E-state index contributed by atoms with van der Waals surface area (Å²) in [4.78, 5) is 4.76. The van der Waals surface area contributed by atoms with E-state index >= 15 is 0 Å². The molecule has 118 valence electrons. The van der Waals surface area contributed by atoms with Crippen LogP contribution in [-0.4, -0.2) is 14.8 Å². The molecule has 0 saturated carbocycles. The van der Waals surface area contributed by atoms with Crippen LogP contribution in [-0.2, 0) is 6.42 Å². The van der Waals surface area contributed by atoms with Crippen molar-refractivity contribution in [2.24, 2.45) is 0 Å². The summed E-state index contributed by atoms with van der Waals surface area (Å²) in [5.74, 6) is 0. The summed E-state index contributed by atoms with van der Waals surface area (Å²) >= 11 is 0. The van der Waals surface area contributed by atoms with Crippen LogP contribution in [0.15, 0.2) is 73.1 Å². The van der Waals surface area contributed by atoms with Crippen LogP contribution in [0.1, 0.15) is 18.9 Å². The number of benzene rings is 2. The SMILES string of the molecule is CCCc1ccccc1-n1cc(-c2ccc3ccccc3n2)cn1. The first kappa shape index (κ1) is 14.6. The largest absolute Gasteiger partial charge is 0.248 e. The Morgan fingerprint density at radius 1 is 0.917 bits per heavy atom. The van der Waals surface area contributed by atoms with Crippen molar-refractivity contribution in [3.8, 4) is 16.9 Å². The van der Waals surface area contributed by atoms with Crippen molar-refractivity contribution >= 4 is 10.9 Å². The molecular formula is C21H19N3. The number of hydrogen-bond acceptors (Lipinski definition) is 2. The van der Waals surface area contributed by atoms with E-state index in [-0.39, 0.29) is 0 Å². The van der Waals surface area contributed by atoms with Crippen molar-refractivity contribution in [1.29, 1.82) is 0 Å². The van der Waals surface area contributed by atoms with E-state index in [0.717, 1.165) is 40.7 Å². The Morgan fingerprint density at radius 2 is 1.75 bits per heavy atom. The molecule has 0 amide bonds. The lowest BCUT2D eigenvalue weighted by atomic mass is 10.1. The molecule has 0 saturated heterocycles. The highest BCUT2D eigenvalue weighted by molar-refractivity contribution is 5.81. The minimum absolute atomic E-state index is 0.952. The Hall–Kier alpha value is -2.94. The average molecular weight is 313 g/mol. The minimum atomic E-state index is 0.952. The second kappa shape index (κ2) is 6.28. The van der Waals surface area contributed by atoms with Crippen LogP contribution in [0.5, 0.6) is 0 Å². The van der Waals surface area contributed by atoms with Crippen LogP contribution in [0.25, 0.3) is 27.8 Å². The zero-order valence-corrected chi connectivity index (χ0v) is 13.7. The molecule has 0 N–H and O–H groups in total. The van der Waals surface area contributed by atoms with E-state index in [0.29, 0.717) is 0 Å². The Labute approximate surface area is 141 Å². The van der Waals surface area contributed by atoms with Gasteiger partial charge in [0.05, 0.1) is 23.1 Å². The topological polar surface area (TPSA) is 30.7 Å². The van der Waals surface area contributed by atoms with Crippen molar-refractivity contribution in [2.75, 3.05) is 0 Å². The van der Waals surface area contributed by atoms with Crippen molar-refractivity contribution in [1.82, 2.24) is 14.8 Å². The molecule has 0 bridgehead atoms. The first-order valence-electron chi connectivity index (χ1n) is 8.34. The summed E-state index contributed by atoms with van der Waals surface area (Å²) in [6.45, 7) is 2.20. The lowest BCUT2D eigenvalue weighted by Crippen LogP contribution is -1.99. The predicted octanol–water partition coefficient (Wildman–Crippen LogP) is 5.04. The second-order valence-electron chi connectivity index (χ2n) is 5.94. The quantitative estimate of drug-likeness (QED) is 0.528. The molecule has 0 aliphatic rings. The minimum Gasteiger partial charge on any atom is -0.248 e. The number of aromatic nitrogens is 3. The standard InChI is InChI=1S/C21H19N3/c1-2-7-17-9-4-6-11-21(17)24-15-18(14-22-24)20-13-12-16-8-3-5-10-19(16)23-20/h3-6,8-15H,2,7H2,1H3. The first-order chi connectivity index (χ1) is 11.8. The van der Waals surface area contributed by atoms with Crippen LogP contribution in [0, 0.1) is 0 Å². The second-order valence-corrected chi connectivity index (χ2v) is 5.94. The van der Waals surface area contributed by atoms with Gasteiger partial charge in [0.25, 0.3) is 0 Å². The summed E-state index contributed by atoms with van der Waals surface area (Å²) in [6.07, 6.45) is 6.13. The Balaban J connectivity index is 1.74. The Kier molecular flexibility index (Phi) is 3.83. The maximum absolute atomic E-state index is 4.76. The summed E-state index contributed by atoms with van der Waals surface area (Å²) in [6, 6.07) is 20.8. The predicted molar refractivity (Wildman–Crippen MR) is 98.3 cm³/mol. The van der Waals surface area contributed by atoms with Gasteiger partial charge in [-0.25, -0.2) is 9.67 Å². The molecule has 4 aromatic rings. The molecule has 2 heterocycles. The van der Waals surface area contributed by atoms with Gasteiger partial charge in [0, 0.05) is 17.1 Å². The normalized spacial score (nSPS) is 11.0. The van der Waals surface area contributed by atoms with Crippen molar-refractivity contribution < 1.29 is 0 Å². The third-order valence-electron chi connectivity index (χ3n) is 4.23. The van der Waals surface area contributed by atoms with E-state index in [1.54, 1.807) is 0 Å². The molecule has 3 nitrogen and oxygen atoms in total. The lowest BCUT2D eigenvalue weighted by molar-refractivity contribution is 0.839. The van der Waals surface area contributed by atoms with E-state index in [2.05, 4.69) is 60.7 Å².